The normalized spacial score (nSPS) is 32.8. The summed E-state index contributed by atoms with van der Waals surface area (Å²) in [4.78, 5) is 0. The minimum atomic E-state index is -2.21. The van der Waals surface area contributed by atoms with Crippen LogP contribution in [-0.2, 0) is 11.5 Å². The largest absolute Gasteiger partial charge is 0.559 e. The first kappa shape index (κ1) is 16.2. The lowest BCUT2D eigenvalue weighted by Gasteiger charge is -2.56. The molecule has 0 bridgehead atoms. The summed E-state index contributed by atoms with van der Waals surface area (Å²) in [5, 5.41) is 24.1. The molecule has 0 amide bonds. The van der Waals surface area contributed by atoms with Gasteiger partial charge in [-0.2, -0.15) is 5.19 Å². The molecule has 3 heterocycles. The molecule has 2 aliphatic heterocycles. The number of halogens is 1. The first-order valence-electron chi connectivity index (χ1n) is 8.21. The molecule has 2 aliphatic rings. The molecule has 24 heavy (non-hydrogen) atoms. The van der Waals surface area contributed by atoms with Gasteiger partial charge >= 0.3 is 0 Å². The van der Waals surface area contributed by atoms with Gasteiger partial charge in [0.1, 0.15) is 0 Å². The Hall–Kier alpha value is -1.25. The SMILES string of the molecule is C[C@H]1C[Si-]2(C[C@@H](c3cn(C)nn3)N1)OCC(O)c1cc(Cl)ccc12. The molecular formula is C16H21ClN4O2Si-. The first-order valence-corrected chi connectivity index (χ1v) is 10.9. The van der Waals surface area contributed by atoms with Gasteiger partial charge in [-0.05, 0) is 23.7 Å². The highest BCUT2D eigenvalue weighted by atomic mass is 35.5. The zero-order valence-electron chi connectivity index (χ0n) is 13.7. The van der Waals surface area contributed by atoms with Crippen LogP contribution in [0.5, 0.6) is 0 Å². The van der Waals surface area contributed by atoms with Crippen molar-refractivity contribution in [2.45, 2.75) is 37.2 Å². The molecule has 8 heteroatoms. The quantitative estimate of drug-likeness (QED) is 0.749. The molecule has 2 aromatic rings. The van der Waals surface area contributed by atoms with Crippen molar-refractivity contribution in [1.29, 1.82) is 0 Å². The second-order valence-corrected chi connectivity index (χ2v) is 11.0. The second kappa shape index (κ2) is 5.93. The van der Waals surface area contributed by atoms with E-state index >= 15 is 0 Å². The van der Waals surface area contributed by atoms with E-state index in [1.165, 1.54) is 5.19 Å². The molecule has 1 aromatic heterocycles. The summed E-state index contributed by atoms with van der Waals surface area (Å²) < 4.78 is 8.09. The van der Waals surface area contributed by atoms with E-state index < -0.39 is 14.4 Å². The highest BCUT2D eigenvalue weighted by Gasteiger charge is 2.39. The summed E-state index contributed by atoms with van der Waals surface area (Å²) >= 11 is 6.16. The van der Waals surface area contributed by atoms with Crippen LogP contribution in [0.4, 0.5) is 0 Å². The Balaban J connectivity index is 1.75. The number of nitrogens with zero attached hydrogens (tertiary/aromatic N) is 3. The predicted molar refractivity (Wildman–Crippen MR) is 93.7 cm³/mol. The van der Waals surface area contributed by atoms with Gasteiger partial charge in [-0.3, -0.25) is 4.68 Å². The Bertz CT molecular complexity index is 770. The van der Waals surface area contributed by atoms with Gasteiger partial charge in [0.05, 0.1) is 11.8 Å². The highest BCUT2D eigenvalue weighted by Crippen LogP contribution is 2.38. The lowest BCUT2D eigenvalue weighted by Crippen LogP contribution is -2.63. The minimum Gasteiger partial charge on any atom is -0.559 e. The number of nitrogens with one attached hydrogen (secondary N) is 1. The lowest BCUT2D eigenvalue weighted by atomic mass is 10.1. The Morgan fingerprint density at radius 1 is 1.42 bits per heavy atom. The number of rotatable bonds is 1. The van der Waals surface area contributed by atoms with Crippen LogP contribution in [-0.4, -0.2) is 41.1 Å². The van der Waals surface area contributed by atoms with Crippen LogP contribution in [0.15, 0.2) is 24.4 Å². The van der Waals surface area contributed by atoms with E-state index in [0.717, 1.165) is 23.3 Å². The third-order valence-electron chi connectivity index (χ3n) is 5.01. The van der Waals surface area contributed by atoms with Gasteiger partial charge in [0, 0.05) is 39.2 Å². The predicted octanol–water partition coefficient (Wildman–Crippen LogP) is 1.42. The standard InChI is InChI=1S/C16H21ClN4O2Si/c1-10-8-24(9-14(18-10)13-6-21(2)20-19-13)16-4-3-11(17)5-12(16)15(22)7-23-24/h3-6,10,14-15,18,22H,7-9H2,1-2H3/q-1/t10-,14-,15?/m0/s1. The summed E-state index contributed by atoms with van der Waals surface area (Å²) in [6.07, 6.45) is 1.36. The third-order valence-corrected chi connectivity index (χ3v) is 9.74. The average molecular weight is 365 g/mol. The van der Waals surface area contributed by atoms with Crippen LogP contribution in [0.2, 0.25) is 17.1 Å². The Labute approximate surface area is 146 Å². The van der Waals surface area contributed by atoms with Crippen molar-refractivity contribution in [3.63, 3.8) is 0 Å². The smallest absolute Gasteiger partial charge is 0.0968 e. The van der Waals surface area contributed by atoms with Crippen LogP contribution < -0.4 is 10.5 Å². The third kappa shape index (κ3) is 2.70. The van der Waals surface area contributed by atoms with Crippen molar-refractivity contribution in [1.82, 2.24) is 20.3 Å². The van der Waals surface area contributed by atoms with Crippen molar-refractivity contribution in [3.8, 4) is 0 Å². The molecule has 1 spiro atoms. The van der Waals surface area contributed by atoms with E-state index in [2.05, 4.69) is 28.6 Å². The number of aliphatic hydroxyl groups excluding tert-OH is 1. The van der Waals surface area contributed by atoms with Gasteiger partial charge in [0.25, 0.3) is 0 Å². The maximum Gasteiger partial charge on any atom is 0.0968 e. The molecule has 2 unspecified atom stereocenters. The number of hydrogen-bond donors (Lipinski definition) is 2. The van der Waals surface area contributed by atoms with Gasteiger partial charge in [-0.15, -0.1) is 17.2 Å². The molecule has 0 saturated carbocycles. The fourth-order valence-electron chi connectivity index (χ4n) is 4.05. The molecule has 4 atom stereocenters. The van der Waals surface area contributed by atoms with E-state index in [9.17, 15) is 5.11 Å². The molecule has 1 aromatic carbocycles. The summed E-state index contributed by atoms with van der Waals surface area (Å²) in [7, 11) is -0.337. The Morgan fingerprint density at radius 2 is 2.25 bits per heavy atom. The van der Waals surface area contributed by atoms with Gasteiger partial charge < -0.3 is 14.8 Å². The number of benzene rings is 1. The summed E-state index contributed by atoms with van der Waals surface area (Å²) in [5.41, 5.74) is 1.88. The maximum atomic E-state index is 10.3. The van der Waals surface area contributed by atoms with Crippen molar-refractivity contribution in [2.24, 2.45) is 7.05 Å². The molecule has 1 fully saturated rings. The fraction of sp³-hybridized carbons (Fsp3) is 0.500. The van der Waals surface area contributed by atoms with Crippen LogP contribution in [0.1, 0.15) is 30.3 Å². The molecule has 0 aliphatic carbocycles. The van der Waals surface area contributed by atoms with E-state index in [1.807, 2.05) is 25.4 Å². The van der Waals surface area contributed by atoms with Crippen molar-refractivity contribution >= 4 is 25.1 Å². The molecule has 129 valence electrons. The number of hydrogen-bond acceptors (Lipinski definition) is 5. The summed E-state index contributed by atoms with van der Waals surface area (Å²) in [6.45, 7) is 2.53. The van der Waals surface area contributed by atoms with Gasteiger partial charge in [-0.25, -0.2) is 0 Å². The molecule has 1 saturated heterocycles. The minimum absolute atomic E-state index is 0.118. The van der Waals surface area contributed by atoms with E-state index in [0.29, 0.717) is 17.7 Å². The topological polar surface area (TPSA) is 72.2 Å². The molecule has 2 N–H and O–H groups in total. The zero-order valence-corrected chi connectivity index (χ0v) is 15.5. The summed E-state index contributed by atoms with van der Waals surface area (Å²) in [6, 6.07) is 8.15. The van der Waals surface area contributed by atoms with Crippen LogP contribution in [0.25, 0.3) is 0 Å². The molecule has 0 radical (unpaired) electrons. The fourth-order valence-corrected chi connectivity index (χ4v) is 8.95. The van der Waals surface area contributed by atoms with Gasteiger partial charge in [-0.1, -0.05) is 29.8 Å². The molecule has 6 nitrogen and oxygen atoms in total. The highest BCUT2D eigenvalue weighted by molar-refractivity contribution is 6.87. The lowest BCUT2D eigenvalue weighted by molar-refractivity contribution is 0.0949. The van der Waals surface area contributed by atoms with Crippen molar-refractivity contribution in [3.05, 3.63) is 40.7 Å². The van der Waals surface area contributed by atoms with Gasteiger partial charge in [0.2, 0.25) is 0 Å². The van der Waals surface area contributed by atoms with Crippen LogP contribution in [0.3, 0.4) is 0 Å². The number of aromatic nitrogens is 3. The Kier molecular flexibility index (Phi) is 4.01. The number of aryl methyl sites for hydroxylation is 1. The van der Waals surface area contributed by atoms with Crippen LogP contribution >= 0.6 is 11.6 Å². The average Bonchev–Trinajstić information content (AvgIpc) is 2.97. The maximum absolute atomic E-state index is 10.3. The van der Waals surface area contributed by atoms with E-state index in [-0.39, 0.29) is 6.04 Å². The monoisotopic (exact) mass is 364 g/mol. The van der Waals surface area contributed by atoms with E-state index in [4.69, 9.17) is 16.0 Å². The first-order chi connectivity index (χ1) is 11.5. The van der Waals surface area contributed by atoms with Crippen molar-refractivity contribution in [2.75, 3.05) is 6.61 Å². The summed E-state index contributed by atoms with van der Waals surface area (Å²) in [5.74, 6) is 0. The second-order valence-electron chi connectivity index (χ2n) is 6.90. The number of aliphatic hydroxyl groups is 1. The number of fused-ring (bicyclic) bond motifs is 2. The van der Waals surface area contributed by atoms with Crippen molar-refractivity contribution < 1.29 is 9.53 Å². The zero-order chi connectivity index (χ0) is 16.9. The van der Waals surface area contributed by atoms with E-state index in [1.54, 1.807) is 4.68 Å². The molecular weight excluding hydrogens is 344 g/mol. The Morgan fingerprint density at radius 3 is 3.00 bits per heavy atom. The molecule has 4 rings (SSSR count). The van der Waals surface area contributed by atoms with Gasteiger partial charge in [0.15, 0.2) is 0 Å². The van der Waals surface area contributed by atoms with Crippen LogP contribution in [0, 0.1) is 0 Å².